The number of thioether (sulfide) groups is 1. The average molecular weight is 1000 g/mol. The second kappa shape index (κ2) is 21.3. The molecule has 0 saturated heterocycles. The molecule has 8 aromatic rings. The Balaban J connectivity index is 1.07. The summed E-state index contributed by atoms with van der Waals surface area (Å²) >= 11 is 1.13. The van der Waals surface area contributed by atoms with Crippen LogP contribution in [-0.4, -0.2) is 101 Å². The van der Waals surface area contributed by atoms with E-state index in [2.05, 4.69) is 4.98 Å². The van der Waals surface area contributed by atoms with Gasteiger partial charge in [-0.3, -0.25) is 23.5 Å². The molecule has 0 bridgehead atoms. The zero-order chi connectivity index (χ0) is 50.6. The summed E-state index contributed by atoms with van der Waals surface area (Å²) in [5.74, 6) is 1.81. The van der Waals surface area contributed by atoms with Crippen molar-refractivity contribution in [2.24, 2.45) is 0 Å². The lowest BCUT2D eigenvalue weighted by atomic mass is 10.1. The van der Waals surface area contributed by atoms with Crippen LogP contribution in [0.3, 0.4) is 0 Å². The number of fused-ring (bicyclic) bond motifs is 2. The maximum atomic E-state index is 14.9. The number of hydrogen-bond donors (Lipinski definition) is 1. The van der Waals surface area contributed by atoms with E-state index in [4.69, 9.17) is 28.9 Å². The molecule has 0 radical (unpaired) electrons. The van der Waals surface area contributed by atoms with E-state index in [9.17, 15) is 27.2 Å². The van der Waals surface area contributed by atoms with Crippen LogP contribution in [-0.2, 0) is 27.6 Å². The van der Waals surface area contributed by atoms with E-state index in [-0.39, 0.29) is 24.0 Å². The van der Waals surface area contributed by atoms with E-state index in [1.807, 2.05) is 56.3 Å². The summed E-state index contributed by atoms with van der Waals surface area (Å²) in [5.41, 5.74) is 4.85. The number of para-hydroxylation sites is 2. The highest BCUT2D eigenvalue weighted by atomic mass is 32.2. The molecule has 0 aliphatic rings. The monoisotopic (exact) mass is 1000 g/mol. The van der Waals surface area contributed by atoms with Gasteiger partial charge in [0.2, 0.25) is 0 Å². The minimum atomic E-state index is -3.67. The number of hydrogen-bond acceptors (Lipinski definition) is 13. The lowest BCUT2D eigenvalue weighted by molar-refractivity contribution is -0.109. The smallest absolute Gasteiger partial charge is 0.330 e. The molecule has 3 heterocycles. The van der Waals surface area contributed by atoms with Gasteiger partial charge < -0.3 is 28.8 Å². The van der Waals surface area contributed by atoms with Gasteiger partial charge in [0, 0.05) is 56.8 Å². The molecule has 0 amide bonds. The SMILES string of the molecule is CCOc1cc([C@@H](CSC(C)=O)n2c(=O)[nH]c3cc(-c4ncc(CCOc5cc([C@@H](CS(C)(=O)=O)n6c(=O)n(Cc7ccccc7F)c7ccccc76)ccc5OC)nc4N(C)C)ccc32)ccc1OC. The molecule has 1 N–H and O–H groups in total. The molecule has 71 heavy (non-hydrogen) atoms. The third-order valence-electron chi connectivity index (χ3n) is 12.0. The van der Waals surface area contributed by atoms with Gasteiger partial charge in [0.1, 0.15) is 21.3 Å². The summed E-state index contributed by atoms with van der Waals surface area (Å²) < 4.78 is 68.9. The van der Waals surface area contributed by atoms with Crippen molar-refractivity contribution in [3.05, 3.63) is 158 Å². The van der Waals surface area contributed by atoms with Crippen molar-refractivity contribution in [2.75, 3.05) is 64.2 Å². The predicted octanol–water partition coefficient (Wildman–Crippen LogP) is 7.70. The van der Waals surface area contributed by atoms with Crippen molar-refractivity contribution in [1.29, 1.82) is 0 Å². The Kier molecular flexibility index (Phi) is 15.0. The summed E-state index contributed by atoms with van der Waals surface area (Å²) in [4.78, 5) is 55.0. The van der Waals surface area contributed by atoms with Crippen LogP contribution in [0.5, 0.6) is 23.0 Å². The normalized spacial score (nSPS) is 12.5. The van der Waals surface area contributed by atoms with Crippen molar-refractivity contribution < 1.29 is 36.6 Å². The number of aromatic amines is 1. The fourth-order valence-corrected chi connectivity index (χ4v) is 10.3. The molecular formula is C52H54FN7O9S2. The number of halogens is 1. The number of carbonyl (C=O) groups excluding carboxylic acids is 1. The van der Waals surface area contributed by atoms with E-state index in [1.165, 1.54) is 29.2 Å². The highest BCUT2D eigenvalue weighted by Gasteiger charge is 2.28. The van der Waals surface area contributed by atoms with Crippen LogP contribution in [0.4, 0.5) is 10.2 Å². The minimum Gasteiger partial charge on any atom is -0.493 e. The number of rotatable bonds is 20. The third kappa shape index (κ3) is 10.9. The number of H-pyrrole nitrogens is 1. The number of benzene rings is 5. The fraction of sp³-hybridized carbons (Fsp3) is 0.288. The molecule has 8 rings (SSSR count). The van der Waals surface area contributed by atoms with Crippen LogP contribution in [0, 0.1) is 5.82 Å². The molecule has 0 aliphatic carbocycles. The number of sulfone groups is 1. The van der Waals surface area contributed by atoms with E-state index in [1.54, 1.807) is 84.6 Å². The second-order valence-electron chi connectivity index (χ2n) is 17.1. The second-order valence-corrected chi connectivity index (χ2v) is 20.4. The van der Waals surface area contributed by atoms with Crippen molar-refractivity contribution in [1.82, 2.24) is 28.7 Å². The van der Waals surface area contributed by atoms with Gasteiger partial charge in [-0.2, -0.15) is 0 Å². The van der Waals surface area contributed by atoms with E-state index < -0.39 is 39.2 Å². The first-order chi connectivity index (χ1) is 34.1. The zero-order valence-electron chi connectivity index (χ0n) is 40.3. The summed E-state index contributed by atoms with van der Waals surface area (Å²) in [7, 11) is 3.11. The highest BCUT2D eigenvalue weighted by molar-refractivity contribution is 8.13. The maximum Gasteiger partial charge on any atom is 0.330 e. The quantitative estimate of drug-likeness (QED) is 0.0785. The number of anilines is 1. The third-order valence-corrected chi connectivity index (χ3v) is 13.8. The molecule has 0 saturated carbocycles. The van der Waals surface area contributed by atoms with Crippen molar-refractivity contribution in [2.45, 2.75) is 38.9 Å². The lowest BCUT2D eigenvalue weighted by Gasteiger charge is -2.21. The Labute approximate surface area is 413 Å². The molecule has 0 spiro atoms. The Morgan fingerprint density at radius 3 is 2.13 bits per heavy atom. The van der Waals surface area contributed by atoms with Gasteiger partial charge in [0.15, 0.2) is 33.9 Å². The number of carbonyl (C=O) groups is 1. The van der Waals surface area contributed by atoms with Gasteiger partial charge in [-0.1, -0.05) is 60.3 Å². The first-order valence-electron chi connectivity index (χ1n) is 22.7. The number of nitrogens with one attached hydrogen (secondary N) is 1. The predicted molar refractivity (Wildman–Crippen MR) is 275 cm³/mol. The summed E-state index contributed by atoms with van der Waals surface area (Å²) in [6.45, 7) is 3.86. The molecule has 5 aromatic carbocycles. The van der Waals surface area contributed by atoms with Gasteiger partial charge in [-0.05, 0) is 72.6 Å². The van der Waals surface area contributed by atoms with Crippen LogP contribution in [0.1, 0.15) is 48.3 Å². The highest BCUT2D eigenvalue weighted by Crippen LogP contribution is 2.37. The summed E-state index contributed by atoms with van der Waals surface area (Å²) in [5, 5.41) is -0.0751. The minimum absolute atomic E-state index is 0.0578. The van der Waals surface area contributed by atoms with Gasteiger partial charge in [0.25, 0.3) is 0 Å². The molecular weight excluding hydrogens is 950 g/mol. The molecule has 0 unspecified atom stereocenters. The van der Waals surface area contributed by atoms with Crippen molar-refractivity contribution >= 4 is 54.6 Å². The molecule has 370 valence electrons. The van der Waals surface area contributed by atoms with E-state index in [0.29, 0.717) is 97.7 Å². The van der Waals surface area contributed by atoms with E-state index in [0.717, 1.165) is 23.6 Å². The Morgan fingerprint density at radius 1 is 0.817 bits per heavy atom. The first-order valence-corrected chi connectivity index (χ1v) is 25.8. The number of aromatic nitrogens is 6. The molecule has 19 heteroatoms. The molecule has 2 atom stereocenters. The molecule has 0 aliphatic heterocycles. The fourth-order valence-electron chi connectivity index (χ4n) is 8.69. The summed E-state index contributed by atoms with van der Waals surface area (Å²) in [6, 6.07) is 27.9. The van der Waals surface area contributed by atoms with Gasteiger partial charge in [0.05, 0.1) is 79.6 Å². The topological polar surface area (TPSA) is 182 Å². The van der Waals surface area contributed by atoms with Crippen molar-refractivity contribution in [3.8, 4) is 34.3 Å². The van der Waals surface area contributed by atoms with E-state index >= 15 is 0 Å². The number of imidazole rings is 2. The van der Waals surface area contributed by atoms with Crippen LogP contribution in [0.25, 0.3) is 33.3 Å². The average Bonchev–Trinajstić information content (AvgIpc) is 3.82. The molecule has 16 nitrogen and oxygen atoms in total. The number of ether oxygens (including phenoxy) is 4. The van der Waals surface area contributed by atoms with Gasteiger partial charge in [-0.15, -0.1) is 0 Å². The van der Waals surface area contributed by atoms with Gasteiger partial charge >= 0.3 is 11.4 Å². The number of nitrogens with zero attached hydrogens (tertiary/aromatic N) is 6. The zero-order valence-corrected chi connectivity index (χ0v) is 42.0. The number of methoxy groups -OCH3 is 2. The largest absolute Gasteiger partial charge is 0.493 e. The molecule has 0 fully saturated rings. The van der Waals surface area contributed by atoms with Crippen LogP contribution in [0.2, 0.25) is 0 Å². The van der Waals surface area contributed by atoms with Crippen LogP contribution < -0.4 is 35.2 Å². The lowest BCUT2D eigenvalue weighted by Crippen LogP contribution is -2.32. The van der Waals surface area contributed by atoms with Gasteiger partial charge in [-0.25, -0.2) is 27.4 Å². The Bertz CT molecular complexity index is 3490. The molecule has 3 aromatic heterocycles. The maximum absolute atomic E-state index is 14.9. The Hall–Kier alpha value is -7.38. The standard InChI is InChI=1S/C52H54FN7O9S2/c1-8-68-47-26-33(18-21-45(47)66-5)43(30-70-32(2)61)59-40-20-17-35(25-39(40)56-51(59)62)49-50(57(3)4)55-37(28-54-49)23-24-69-48-27-34(19-22-46(48)67-6)44(31-71(7,64)65)60-42-16-12-11-15-41(42)58(52(60)63)29-36-13-9-10-14-38(36)53/h9-22,25-28,43-44H,8,23-24,29-31H2,1-7H3,(H,56,62)/t43-,44-/m1/s1. The van der Waals surface area contributed by atoms with Crippen LogP contribution >= 0.6 is 11.8 Å². The summed E-state index contributed by atoms with van der Waals surface area (Å²) in [6.07, 6.45) is 3.10. The Morgan fingerprint density at radius 2 is 1.48 bits per heavy atom. The van der Waals surface area contributed by atoms with Crippen LogP contribution in [0.15, 0.2) is 119 Å². The van der Waals surface area contributed by atoms with Crippen molar-refractivity contribution in [3.63, 3.8) is 0 Å². The first kappa shape index (κ1) is 50.0.